The van der Waals surface area contributed by atoms with E-state index in [9.17, 15) is 9.59 Å². The Kier molecular flexibility index (Phi) is 6.55. The fraction of sp³-hybridized carbons (Fsp3) is 0.250. The Morgan fingerprint density at radius 1 is 1.16 bits per heavy atom. The zero-order valence-electron chi connectivity index (χ0n) is 17.6. The minimum Gasteiger partial charge on any atom is -0.492 e. The predicted octanol–water partition coefficient (Wildman–Crippen LogP) is 5.38. The zero-order valence-corrected chi connectivity index (χ0v) is 19.1. The number of aromatic nitrogens is 1. The quantitative estimate of drug-likeness (QED) is 0.340. The van der Waals surface area contributed by atoms with Crippen molar-refractivity contribution in [2.75, 3.05) is 20.3 Å². The topological polar surface area (TPSA) is 66.8 Å². The molecular formula is C24H21Cl2NO5. The lowest BCUT2D eigenvalue weighted by Gasteiger charge is -2.32. The monoisotopic (exact) mass is 473 g/mol. The summed E-state index contributed by atoms with van der Waals surface area (Å²) >= 11 is 12.7. The van der Waals surface area contributed by atoms with Crippen molar-refractivity contribution in [3.8, 4) is 22.8 Å². The van der Waals surface area contributed by atoms with Crippen molar-refractivity contribution in [3.63, 3.8) is 0 Å². The van der Waals surface area contributed by atoms with Crippen molar-refractivity contribution in [1.82, 2.24) is 4.57 Å². The van der Waals surface area contributed by atoms with Gasteiger partial charge in [0.25, 0.3) is 0 Å². The van der Waals surface area contributed by atoms with Gasteiger partial charge in [0.15, 0.2) is 11.2 Å². The fourth-order valence-corrected chi connectivity index (χ4v) is 4.04. The van der Waals surface area contributed by atoms with Gasteiger partial charge in [-0.05, 0) is 25.1 Å². The Morgan fingerprint density at radius 2 is 1.97 bits per heavy atom. The molecule has 8 heteroatoms. The third kappa shape index (κ3) is 4.39. The molecule has 6 nitrogen and oxygen atoms in total. The van der Waals surface area contributed by atoms with E-state index < -0.39 is 6.23 Å². The van der Waals surface area contributed by atoms with Crippen molar-refractivity contribution in [3.05, 3.63) is 80.1 Å². The number of rotatable bonds is 7. The molecule has 0 radical (unpaired) electrons. The van der Waals surface area contributed by atoms with Crippen LogP contribution >= 0.6 is 23.2 Å². The van der Waals surface area contributed by atoms with Crippen molar-refractivity contribution in [2.24, 2.45) is 0 Å². The molecule has 0 fully saturated rings. The number of Topliss-reactive ketones (excluding diaryl/α,β-unsaturated/α-hetero) is 1. The van der Waals surface area contributed by atoms with Gasteiger partial charge < -0.3 is 18.8 Å². The largest absolute Gasteiger partial charge is 0.492 e. The Morgan fingerprint density at radius 3 is 2.69 bits per heavy atom. The number of hydrogen-bond acceptors (Lipinski definition) is 5. The number of ether oxygens (including phenoxy) is 3. The molecule has 0 aliphatic carbocycles. The van der Waals surface area contributed by atoms with Crippen molar-refractivity contribution in [2.45, 2.75) is 19.6 Å². The molecule has 1 aliphatic heterocycles. The fourth-order valence-electron chi connectivity index (χ4n) is 3.62. The molecule has 0 bridgehead atoms. The molecule has 0 spiro atoms. The van der Waals surface area contributed by atoms with Crippen LogP contribution in [0.15, 0.2) is 53.5 Å². The molecule has 1 atom stereocenters. The van der Waals surface area contributed by atoms with Crippen LogP contribution in [-0.4, -0.2) is 30.7 Å². The Bertz CT molecular complexity index is 1240. The van der Waals surface area contributed by atoms with Crippen LogP contribution in [0.25, 0.3) is 11.3 Å². The molecule has 1 aliphatic rings. The highest BCUT2D eigenvalue weighted by atomic mass is 35.5. The van der Waals surface area contributed by atoms with Crippen molar-refractivity contribution < 1.29 is 19.0 Å². The summed E-state index contributed by atoms with van der Waals surface area (Å²) < 4.78 is 18.9. The average molecular weight is 474 g/mol. The van der Waals surface area contributed by atoms with Crippen LogP contribution in [0.4, 0.5) is 0 Å². The van der Waals surface area contributed by atoms with Gasteiger partial charge in [-0.1, -0.05) is 35.3 Å². The number of nitrogens with zero attached hydrogens (tertiary/aromatic N) is 1. The number of pyridine rings is 1. The van der Waals surface area contributed by atoms with E-state index in [2.05, 4.69) is 0 Å². The first kappa shape index (κ1) is 22.4. The molecule has 32 heavy (non-hydrogen) atoms. The lowest BCUT2D eigenvalue weighted by molar-refractivity contribution is 0.101. The van der Waals surface area contributed by atoms with E-state index in [1.807, 2.05) is 12.1 Å². The van der Waals surface area contributed by atoms with E-state index in [0.717, 1.165) is 5.56 Å². The Labute approximate surface area is 195 Å². The second-order valence-electron chi connectivity index (χ2n) is 7.40. The highest BCUT2D eigenvalue weighted by Crippen LogP contribution is 2.44. The summed E-state index contributed by atoms with van der Waals surface area (Å²) in [4.78, 5) is 24.6. The van der Waals surface area contributed by atoms with Gasteiger partial charge in [-0.2, -0.15) is 0 Å². The summed E-state index contributed by atoms with van der Waals surface area (Å²) in [6, 6.07) is 12.1. The summed E-state index contributed by atoms with van der Waals surface area (Å²) in [5, 5.41) is 0.935. The molecule has 4 rings (SSSR count). The first-order valence-corrected chi connectivity index (χ1v) is 10.8. The number of ketones is 1. The van der Waals surface area contributed by atoms with E-state index in [-0.39, 0.29) is 16.8 Å². The van der Waals surface area contributed by atoms with Crippen LogP contribution < -0.4 is 14.9 Å². The van der Waals surface area contributed by atoms with E-state index in [1.54, 1.807) is 35.9 Å². The van der Waals surface area contributed by atoms with Crippen molar-refractivity contribution >= 4 is 29.0 Å². The van der Waals surface area contributed by atoms with Crippen LogP contribution in [0.3, 0.4) is 0 Å². The smallest absolute Gasteiger partial charge is 0.202 e. The van der Waals surface area contributed by atoms with E-state index in [4.69, 9.17) is 37.4 Å². The lowest BCUT2D eigenvalue weighted by Crippen LogP contribution is -2.27. The van der Waals surface area contributed by atoms with Crippen LogP contribution in [0, 0.1) is 0 Å². The molecular weight excluding hydrogens is 453 g/mol. The standard InChI is InChI=1S/C24H21Cl2NO5/c1-14(28)18-13-27-20(11-21(18)29)17-10-19(26)23(31-8-4-7-30-2)12-22(17)32-24(27)15-5-3-6-16(25)9-15/h3,5-6,9-13,24H,4,7-8H2,1-2H3. The second kappa shape index (κ2) is 9.36. The maximum Gasteiger partial charge on any atom is 0.202 e. The van der Waals surface area contributed by atoms with Crippen LogP contribution in [0.2, 0.25) is 10.0 Å². The highest BCUT2D eigenvalue weighted by molar-refractivity contribution is 6.32. The average Bonchev–Trinajstić information content (AvgIpc) is 2.76. The van der Waals surface area contributed by atoms with Gasteiger partial charge in [0.05, 0.1) is 22.9 Å². The number of carbonyl (C=O) groups excluding carboxylic acids is 1. The van der Waals surface area contributed by atoms with Crippen LogP contribution in [0.1, 0.15) is 35.5 Å². The van der Waals surface area contributed by atoms with Crippen LogP contribution in [-0.2, 0) is 4.74 Å². The summed E-state index contributed by atoms with van der Waals surface area (Å²) in [6.45, 7) is 2.37. The molecule has 0 saturated carbocycles. The maximum absolute atomic E-state index is 12.6. The number of halogens is 2. The van der Waals surface area contributed by atoms with Gasteiger partial charge in [0, 0.05) is 54.6 Å². The highest BCUT2D eigenvalue weighted by Gasteiger charge is 2.29. The van der Waals surface area contributed by atoms with Gasteiger partial charge in [-0.25, -0.2) is 0 Å². The first-order chi connectivity index (χ1) is 15.4. The van der Waals surface area contributed by atoms with E-state index in [1.165, 1.54) is 19.2 Å². The normalized spacial score (nSPS) is 14.3. The number of hydrogen-bond donors (Lipinski definition) is 0. The summed E-state index contributed by atoms with van der Waals surface area (Å²) in [5.41, 5.74) is 1.69. The molecule has 166 valence electrons. The zero-order chi connectivity index (χ0) is 22.8. The SMILES string of the molecule is COCCCOc1cc2c(cc1Cl)-c1cc(=O)c(C(C)=O)cn1C(c1cccc(Cl)c1)O2. The van der Waals surface area contributed by atoms with E-state index in [0.29, 0.717) is 52.4 Å². The number of methoxy groups -OCH3 is 1. The molecule has 0 saturated heterocycles. The minimum atomic E-state index is -0.641. The Balaban J connectivity index is 1.84. The summed E-state index contributed by atoms with van der Waals surface area (Å²) in [6.07, 6.45) is 1.59. The minimum absolute atomic E-state index is 0.0806. The third-order valence-electron chi connectivity index (χ3n) is 5.14. The summed E-state index contributed by atoms with van der Waals surface area (Å²) in [5.74, 6) is 0.664. The molecule has 1 unspecified atom stereocenters. The maximum atomic E-state index is 12.6. The number of carbonyl (C=O) groups is 1. The summed E-state index contributed by atoms with van der Waals surface area (Å²) in [7, 11) is 1.63. The molecule has 1 aromatic heterocycles. The van der Waals surface area contributed by atoms with Gasteiger partial charge in [0.1, 0.15) is 11.5 Å². The first-order valence-electron chi connectivity index (χ1n) is 10.0. The number of benzene rings is 2. The van der Waals surface area contributed by atoms with Gasteiger partial charge in [-0.3, -0.25) is 9.59 Å². The predicted molar refractivity (Wildman–Crippen MR) is 123 cm³/mol. The van der Waals surface area contributed by atoms with Gasteiger partial charge >= 0.3 is 0 Å². The van der Waals surface area contributed by atoms with E-state index >= 15 is 0 Å². The second-order valence-corrected chi connectivity index (χ2v) is 8.24. The van der Waals surface area contributed by atoms with Crippen molar-refractivity contribution in [1.29, 1.82) is 0 Å². The molecule has 3 aromatic rings. The molecule has 2 aromatic carbocycles. The third-order valence-corrected chi connectivity index (χ3v) is 5.67. The van der Waals surface area contributed by atoms with Gasteiger partial charge in [0.2, 0.25) is 6.23 Å². The number of fused-ring (bicyclic) bond motifs is 3. The Hall–Kier alpha value is -2.80. The molecule has 0 amide bonds. The van der Waals surface area contributed by atoms with Gasteiger partial charge in [-0.15, -0.1) is 0 Å². The lowest BCUT2D eigenvalue weighted by atomic mass is 10.0. The molecule has 2 heterocycles. The van der Waals surface area contributed by atoms with Crippen LogP contribution in [0.5, 0.6) is 11.5 Å². The molecule has 0 N–H and O–H groups in total.